The van der Waals surface area contributed by atoms with Crippen LogP contribution < -0.4 is 5.32 Å². The van der Waals surface area contributed by atoms with E-state index in [1.165, 1.54) is 6.92 Å². The number of ketones is 4. The van der Waals surface area contributed by atoms with E-state index < -0.39 is 46.2 Å². The first kappa shape index (κ1) is 18.3. The number of hydrogen-bond acceptors (Lipinski definition) is 7. The van der Waals surface area contributed by atoms with Crippen LogP contribution in [0.3, 0.4) is 0 Å². The van der Waals surface area contributed by atoms with Crippen molar-refractivity contribution in [2.45, 2.75) is 36.9 Å². The molecule has 0 saturated heterocycles. The van der Waals surface area contributed by atoms with Gasteiger partial charge in [-0.1, -0.05) is 0 Å². The lowest BCUT2D eigenvalue weighted by atomic mass is 9.80. The number of nitrogens with zero attached hydrogens (tertiary/aromatic N) is 2. The molecule has 0 aromatic rings. The highest BCUT2D eigenvalue weighted by molar-refractivity contribution is 6.27. The second kappa shape index (κ2) is 6.46. The Morgan fingerprint density at radius 2 is 1.24 bits per heavy atom. The minimum Gasteiger partial charge on any atom is -0.353 e. The van der Waals surface area contributed by atoms with Gasteiger partial charge in [-0.3, -0.25) is 34.0 Å². The molecule has 0 bridgehead atoms. The molecule has 0 saturated carbocycles. The minimum atomic E-state index is -1.77. The van der Waals surface area contributed by atoms with Gasteiger partial charge in [0.15, 0.2) is 34.2 Å². The summed E-state index contributed by atoms with van der Waals surface area (Å²) < 4.78 is 0. The Kier molecular flexibility index (Phi) is 4.73. The van der Waals surface area contributed by atoms with Gasteiger partial charge in [0.2, 0.25) is 5.91 Å². The molecule has 25 heavy (non-hydrogen) atoms. The summed E-state index contributed by atoms with van der Waals surface area (Å²) in [6, 6.07) is -0.894. The Bertz CT molecular complexity index is 670. The summed E-state index contributed by atoms with van der Waals surface area (Å²) in [5.41, 5.74) is -3.54. The first-order chi connectivity index (χ1) is 11.7. The third-order valence-electron chi connectivity index (χ3n) is 4.43. The third kappa shape index (κ3) is 2.90. The van der Waals surface area contributed by atoms with Crippen molar-refractivity contribution in [1.82, 2.24) is 5.32 Å². The van der Waals surface area contributed by atoms with E-state index in [9.17, 15) is 24.0 Å². The molecule has 1 amide bonds. The van der Waals surface area contributed by atoms with Crippen LogP contribution >= 0.6 is 0 Å². The Labute approximate surface area is 143 Å². The number of carbonyl (C=O) groups excluding carboxylic acids is 5. The van der Waals surface area contributed by atoms with Crippen LogP contribution in [0.1, 0.15) is 19.8 Å². The Hall–Kier alpha value is -3.03. The summed E-state index contributed by atoms with van der Waals surface area (Å²) in [7, 11) is 0. The van der Waals surface area contributed by atoms with Gasteiger partial charge >= 0.3 is 0 Å². The Morgan fingerprint density at radius 1 is 0.920 bits per heavy atom. The van der Waals surface area contributed by atoms with Gasteiger partial charge in [0, 0.05) is 25.8 Å². The maximum Gasteiger partial charge on any atom is 0.217 e. The van der Waals surface area contributed by atoms with Crippen LogP contribution in [0.2, 0.25) is 0 Å². The average Bonchev–Trinajstić information content (AvgIpc) is 2.99. The number of nitrogens with one attached hydrogen (secondary N) is 1. The van der Waals surface area contributed by atoms with E-state index in [0.717, 1.165) is 24.3 Å². The molecule has 130 valence electrons. The fraction of sp³-hybridized carbons (Fsp3) is 0.353. The zero-order valence-corrected chi connectivity index (χ0v) is 13.7. The van der Waals surface area contributed by atoms with Crippen LogP contribution in [-0.2, 0) is 24.0 Å². The molecule has 1 N–H and O–H groups in total. The van der Waals surface area contributed by atoms with Gasteiger partial charge in [-0.2, -0.15) is 0 Å². The Morgan fingerprint density at radius 3 is 1.48 bits per heavy atom. The molecule has 0 aromatic heterocycles. The maximum absolute atomic E-state index is 12.1. The molecule has 0 fully saturated rings. The van der Waals surface area contributed by atoms with E-state index in [1.54, 1.807) is 0 Å². The number of amides is 1. The van der Waals surface area contributed by atoms with E-state index >= 15 is 0 Å². The standard InChI is InChI=1S/C17H17N3O5/c1-10(21)20-11(8-16(18-2)12(22)4-5-13(16)23)9-17(19-3)14(24)6-7-15(17)25/h4-7,11H,2-3,8-9H2,1H3,(H,20,21). The largest absolute Gasteiger partial charge is 0.353 e. The molecule has 0 unspecified atom stereocenters. The predicted octanol–water partition coefficient (Wildman–Crippen LogP) is -0.434. The summed E-state index contributed by atoms with van der Waals surface area (Å²) >= 11 is 0. The van der Waals surface area contributed by atoms with Crippen LogP contribution in [0, 0.1) is 0 Å². The fourth-order valence-corrected chi connectivity index (χ4v) is 3.12. The van der Waals surface area contributed by atoms with Crippen molar-refractivity contribution in [1.29, 1.82) is 0 Å². The molecule has 0 aromatic carbocycles. The molecule has 0 radical (unpaired) electrons. The average molecular weight is 343 g/mol. The highest BCUT2D eigenvalue weighted by atomic mass is 16.2. The Balaban J connectivity index is 2.36. The molecule has 8 heteroatoms. The molecule has 0 aliphatic heterocycles. The lowest BCUT2D eigenvalue weighted by molar-refractivity contribution is -0.130. The van der Waals surface area contributed by atoms with Crippen molar-refractivity contribution >= 4 is 42.5 Å². The molecular formula is C17H17N3O5. The molecule has 2 rings (SSSR count). The minimum absolute atomic E-state index is 0.238. The topological polar surface area (TPSA) is 122 Å². The number of aliphatic imine (C=N–C) groups is 2. The van der Waals surface area contributed by atoms with Crippen LogP contribution in [0.5, 0.6) is 0 Å². The zero-order valence-electron chi connectivity index (χ0n) is 13.7. The zero-order chi connectivity index (χ0) is 18.8. The highest BCUT2D eigenvalue weighted by Crippen LogP contribution is 2.32. The van der Waals surface area contributed by atoms with Crippen molar-refractivity contribution in [3.8, 4) is 0 Å². The second-order valence-corrected chi connectivity index (χ2v) is 5.97. The smallest absolute Gasteiger partial charge is 0.217 e. The quantitative estimate of drug-likeness (QED) is 0.496. The number of carbonyl (C=O) groups is 5. The van der Waals surface area contributed by atoms with Crippen molar-refractivity contribution in [3.05, 3.63) is 24.3 Å². The lowest BCUT2D eigenvalue weighted by Gasteiger charge is -2.31. The normalized spacial score (nSPS) is 20.4. The summed E-state index contributed by atoms with van der Waals surface area (Å²) in [6.07, 6.45) is 3.90. The first-order valence-electron chi connectivity index (χ1n) is 7.48. The van der Waals surface area contributed by atoms with Gasteiger partial charge in [-0.05, 0) is 37.7 Å². The summed E-state index contributed by atoms with van der Waals surface area (Å²) in [5, 5.41) is 2.56. The molecule has 0 spiro atoms. The van der Waals surface area contributed by atoms with E-state index in [2.05, 4.69) is 28.7 Å². The van der Waals surface area contributed by atoms with Gasteiger partial charge in [-0.25, -0.2) is 0 Å². The van der Waals surface area contributed by atoms with Crippen LogP contribution in [0.4, 0.5) is 0 Å². The van der Waals surface area contributed by atoms with E-state index in [4.69, 9.17) is 0 Å². The summed E-state index contributed by atoms with van der Waals surface area (Å²) in [6.45, 7) is 7.88. The fourth-order valence-electron chi connectivity index (χ4n) is 3.12. The SMILES string of the molecule is C=NC1(CC(CC2(N=C)C(=O)C=CC2=O)NC(C)=O)C(=O)C=CC1=O. The third-order valence-corrected chi connectivity index (χ3v) is 4.43. The maximum atomic E-state index is 12.1. The van der Waals surface area contributed by atoms with Crippen LogP contribution in [-0.4, -0.2) is 59.6 Å². The van der Waals surface area contributed by atoms with Gasteiger partial charge in [0.05, 0.1) is 0 Å². The van der Waals surface area contributed by atoms with E-state index in [-0.39, 0.29) is 12.8 Å². The van der Waals surface area contributed by atoms with Crippen LogP contribution in [0.15, 0.2) is 34.3 Å². The predicted molar refractivity (Wildman–Crippen MR) is 89.7 cm³/mol. The van der Waals surface area contributed by atoms with Crippen molar-refractivity contribution in [2.24, 2.45) is 9.98 Å². The monoisotopic (exact) mass is 343 g/mol. The lowest BCUT2D eigenvalue weighted by Crippen LogP contribution is -2.52. The summed E-state index contributed by atoms with van der Waals surface area (Å²) in [5.74, 6) is -2.72. The van der Waals surface area contributed by atoms with Crippen LogP contribution in [0.25, 0.3) is 0 Å². The molecule has 0 atom stereocenters. The van der Waals surface area contributed by atoms with Crippen molar-refractivity contribution in [2.75, 3.05) is 0 Å². The highest BCUT2D eigenvalue weighted by Gasteiger charge is 2.52. The molecule has 2 aliphatic carbocycles. The van der Waals surface area contributed by atoms with E-state index in [0.29, 0.717) is 0 Å². The summed E-state index contributed by atoms with van der Waals surface area (Å²) in [4.78, 5) is 67.5. The van der Waals surface area contributed by atoms with Gasteiger partial charge in [0.1, 0.15) is 0 Å². The molecule has 2 aliphatic rings. The molecule has 8 nitrogen and oxygen atoms in total. The van der Waals surface area contributed by atoms with Crippen molar-refractivity contribution in [3.63, 3.8) is 0 Å². The number of hydrogen-bond donors (Lipinski definition) is 1. The van der Waals surface area contributed by atoms with Gasteiger partial charge in [0.25, 0.3) is 0 Å². The van der Waals surface area contributed by atoms with Gasteiger partial charge < -0.3 is 5.32 Å². The molecular weight excluding hydrogens is 326 g/mol. The van der Waals surface area contributed by atoms with E-state index in [1.807, 2.05) is 0 Å². The van der Waals surface area contributed by atoms with Gasteiger partial charge in [-0.15, -0.1) is 0 Å². The number of rotatable bonds is 7. The van der Waals surface area contributed by atoms with Crippen molar-refractivity contribution < 1.29 is 24.0 Å². The first-order valence-corrected chi connectivity index (χ1v) is 7.48. The second-order valence-electron chi connectivity index (χ2n) is 5.97. The molecule has 0 heterocycles.